The summed E-state index contributed by atoms with van der Waals surface area (Å²) in [6.45, 7) is 2.17. The highest BCUT2D eigenvalue weighted by molar-refractivity contribution is 4.79. The fourth-order valence-corrected chi connectivity index (χ4v) is 1.28. The summed E-state index contributed by atoms with van der Waals surface area (Å²) in [7, 11) is 0. The van der Waals surface area contributed by atoms with E-state index in [1.54, 1.807) is 0 Å². The SMILES string of the molecule is CCC=CCCCCCCCC#N. The summed E-state index contributed by atoms with van der Waals surface area (Å²) in [5.41, 5.74) is 0. The summed E-state index contributed by atoms with van der Waals surface area (Å²) >= 11 is 0. The minimum Gasteiger partial charge on any atom is -0.198 e. The van der Waals surface area contributed by atoms with Crippen LogP contribution in [0.5, 0.6) is 0 Å². The second kappa shape index (κ2) is 11.2. The molecule has 0 fully saturated rings. The van der Waals surface area contributed by atoms with Crippen molar-refractivity contribution in [2.45, 2.75) is 58.3 Å². The minimum absolute atomic E-state index is 0.732. The van der Waals surface area contributed by atoms with Gasteiger partial charge in [0.05, 0.1) is 6.07 Å². The maximum atomic E-state index is 8.31. The van der Waals surface area contributed by atoms with Crippen LogP contribution in [0.1, 0.15) is 58.3 Å². The van der Waals surface area contributed by atoms with Gasteiger partial charge in [-0.25, -0.2) is 0 Å². The molecule has 0 bridgehead atoms. The van der Waals surface area contributed by atoms with Crippen molar-refractivity contribution in [2.24, 2.45) is 0 Å². The van der Waals surface area contributed by atoms with Crippen molar-refractivity contribution in [2.75, 3.05) is 0 Å². The van der Waals surface area contributed by atoms with E-state index in [1.807, 2.05) is 0 Å². The molecule has 0 N–H and O–H groups in total. The number of unbranched alkanes of at least 4 members (excludes halogenated alkanes) is 6. The molecule has 1 heteroatoms. The Kier molecular flexibility index (Phi) is 10.6. The third kappa shape index (κ3) is 11.2. The molecule has 0 aromatic carbocycles. The quantitative estimate of drug-likeness (QED) is 0.404. The van der Waals surface area contributed by atoms with Crippen LogP contribution in [0.2, 0.25) is 0 Å². The Morgan fingerprint density at radius 1 is 1.00 bits per heavy atom. The molecule has 0 amide bonds. The van der Waals surface area contributed by atoms with Crippen molar-refractivity contribution in [3.8, 4) is 6.07 Å². The summed E-state index contributed by atoms with van der Waals surface area (Å²) in [6, 6.07) is 2.18. The topological polar surface area (TPSA) is 23.8 Å². The first-order valence-electron chi connectivity index (χ1n) is 5.43. The second-order valence-electron chi connectivity index (χ2n) is 3.34. The summed E-state index contributed by atoms with van der Waals surface area (Å²) < 4.78 is 0. The van der Waals surface area contributed by atoms with Crippen LogP contribution in [-0.4, -0.2) is 0 Å². The maximum absolute atomic E-state index is 8.31. The van der Waals surface area contributed by atoms with Crippen molar-refractivity contribution >= 4 is 0 Å². The van der Waals surface area contributed by atoms with Crippen LogP contribution in [0.4, 0.5) is 0 Å². The van der Waals surface area contributed by atoms with Crippen molar-refractivity contribution in [3.63, 3.8) is 0 Å². The third-order valence-corrected chi connectivity index (χ3v) is 2.06. The molecule has 0 aliphatic rings. The zero-order valence-corrected chi connectivity index (χ0v) is 8.76. The fourth-order valence-electron chi connectivity index (χ4n) is 1.28. The number of hydrogen-bond acceptors (Lipinski definition) is 1. The molecule has 0 aliphatic carbocycles. The molecular formula is C12H21N. The highest BCUT2D eigenvalue weighted by Crippen LogP contribution is 2.07. The molecule has 1 nitrogen and oxygen atoms in total. The highest BCUT2D eigenvalue weighted by atomic mass is 14.2. The molecule has 0 rings (SSSR count). The first kappa shape index (κ1) is 12.2. The molecular weight excluding hydrogens is 158 g/mol. The lowest BCUT2D eigenvalue weighted by molar-refractivity contribution is 0.623. The smallest absolute Gasteiger partial charge is 0.0621 e. The van der Waals surface area contributed by atoms with Crippen molar-refractivity contribution < 1.29 is 0 Å². The van der Waals surface area contributed by atoms with E-state index in [4.69, 9.17) is 5.26 Å². The summed E-state index contributed by atoms with van der Waals surface area (Å²) in [5.74, 6) is 0. The van der Waals surface area contributed by atoms with Crippen LogP contribution in [0, 0.1) is 11.3 Å². The summed E-state index contributed by atoms with van der Waals surface area (Å²) in [6.07, 6.45) is 13.9. The first-order chi connectivity index (χ1) is 6.41. The molecule has 0 spiro atoms. The number of rotatable bonds is 8. The van der Waals surface area contributed by atoms with Gasteiger partial charge in [-0.2, -0.15) is 5.26 Å². The Labute approximate surface area is 82.5 Å². The molecule has 0 radical (unpaired) electrons. The van der Waals surface area contributed by atoms with Gasteiger partial charge in [0.25, 0.3) is 0 Å². The largest absolute Gasteiger partial charge is 0.198 e. The lowest BCUT2D eigenvalue weighted by atomic mass is 10.1. The maximum Gasteiger partial charge on any atom is 0.0621 e. The van der Waals surface area contributed by atoms with Crippen molar-refractivity contribution in [1.29, 1.82) is 5.26 Å². The van der Waals surface area contributed by atoms with E-state index in [1.165, 1.54) is 32.1 Å². The van der Waals surface area contributed by atoms with Crippen LogP contribution in [-0.2, 0) is 0 Å². The summed E-state index contributed by atoms with van der Waals surface area (Å²) in [4.78, 5) is 0. The molecule has 0 aromatic heterocycles. The highest BCUT2D eigenvalue weighted by Gasteiger charge is 1.88. The van der Waals surface area contributed by atoms with E-state index < -0.39 is 0 Å². The molecule has 0 atom stereocenters. The molecule has 0 saturated heterocycles. The molecule has 0 aliphatic heterocycles. The van der Waals surface area contributed by atoms with Gasteiger partial charge in [0.2, 0.25) is 0 Å². The Morgan fingerprint density at radius 3 is 2.38 bits per heavy atom. The first-order valence-corrected chi connectivity index (χ1v) is 5.43. The van der Waals surface area contributed by atoms with E-state index in [-0.39, 0.29) is 0 Å². The van der Waals surface area contributed by atoms with Gasteiger partial charge in [0, 0.05) is 6.42 Å². The number of nitriles is 1. The Morgan fingerprint density at radius 2 is 1.69 bits per heavy atom. The molecule has 0 heterocycles. The van der Waals surface area contributed by atoms with Crippen LogP contribution in [0.3, 0.4) is 0 Å². The number of nitrogens with zero attached hydrogens (tertiary/aromatic N) is 1. The van der Waals surface area contributed by atoms with Gasteiger partial charge in [-0.3, -0.25) is 0 Å². The molecule has 0 aromatic rings. The van der Waals surface area contributed by atoms with Gasteiger partial charge < -0.3 is 0 Å². The number of hydrogen-bond donors (Lipinski definition) is 0. The molecule has 0 unspecified atom stereocenters. The van der Waals surface area contributed by atoms with E-state index in [2.05, 4.69) is 25.1 Å². The van der Waals surface area contributed by atoms with Crippen molar-refractivity contribution in [3.05, 3.63) is 12.2 Å². The predicted octanol–water partition coefficient (Wildman–Crippen LogP) is 4.21. The lowest BCUT2D eigenvalue weighted by Crippen LogP contribution is -1.78. The van der Waals surface area contributed by atoms with Crippen LogP contribution in [0.15, 0.2) is 12.2 Å². The Hall–Kier alpha value is -0.770. The average Bonchev–Trinajstić information content (AvgIpc) is 2.16. The van der Waals surface area contributed by atoms with Gasteiger partial charge >= 0.3 is 0 Å². The predicted molar refractivity (Wildman–Crippen MR) is 57.4 cm³/mol. The van der Waals surface area contributed by atoms with Crippen LogP contribution < -0.4 is 0 Å². The normalized spacial score (nSPS) is 10.5. The summed E-state index contributed by atoms with van der Waals surface area (Å²) in [5, 5.41) is 8.31. The van der Waals surface area contributed by atoms with Gasteiger partial charge in [-0.15, -0.1) is 0 Å². The lowest BCUT2D eigenvalue weighted by Gasteiger charge is -1.96. The minimum atomic E-state index is 0.732. The van der Waals surface area contributed by atoms with Crippen molar-refractivity contribution in [1.82, 2.24) is 0 Å². The standard InChI is InChI=1S/C12H21N/c1-2-3-4-5-6-7-8-9-10-11-12-13/h3-4H,2,5-11H2,1H3. The third-order valence-electron chi connectivity index (χ3n) is 2.06. The van der Waals surface area contributed by atoms with Gasteiger partial charge in [0.1, 0.15) is 0 Å². The molecule has 13 heavy (non-hydrogen) atoms. The Bertz CT molecular complexity index is 153. The Balaban J connectivity index is 2.92. The van der Waals surface area contributed by atoms with E-state index >= 15 is 0 Å². The van der Waals surface area contributed by atoms with Crippen LogP contribution >= 0.6 is 0 Å². The zero-order valence-electron chi connectivity index (χ0n) is 8.76. The van der Waals surface area contributed by atoms with E-state index in [0.29, 0.717) is 0 Å². The van der Waals surface area contributed by atoms with Crippen LogP contribution in [0.25, 0.3) is 0 Å². The van der Waals surface area contributed by atoms with Gasteiger partial charge in [-0.1, -0.05) is 38.3 Å². The van der Waals surface area contributed by atoms with Gasteiger partial charge in [-0.05, 0) is 25.7 Å². The molecule has 74 valence electrons. The van der Waals surface area contributed by atoms with Gasteiger partial charge in [0.15, 0.2) is 0 Å². The zero-order chi connectivity index (χ0) is 9.78. The van der Waals surface area contributed by atoms with E-state index in [9.17, 15) is 0 Å². The number of allylic oxidation sites excluding steroid dienone is 2. The molecule has 0 saturated carbocycles. The monoisotopic (exact) mass is 179 g/mol. The van der Waals surface area contributed by atoms with E-state index in [0.717, 1.165) is 19.3 Å². The second-order valence-corrected chi connectivity index (χ2v) is 3.34. The average molecular weight is 179 g/mol. The fraction of sp³-hybridized carbons (Fsp3) is 0.750.